The summed E-state index contributed by atoms with van der Waals surface area (Å²) >= 11 is 0. The fourth-order valence-corrected chi connectivity index (χ4v) is 3.36. The number of nitrogens with one attached hydrogen (secondary N) is 1. The first-order valence-electron chi connectivity index (χ1n) is 8.30. The van der Waals surface area contributed by atoms with Crippen molar-refractivity contribution in [1.82, 2.24) is 15.5 Å². The topological polar surface area (TPSA) is 54.2 Å². The minimum Gasteiger partial charge on any atom is -0.372 e. The van der Waals surface area contributed by atoms with E-state index in [9.17, 15) is 0 Å². The molecule has 0 amide bonds. The molecule has 2 aromatic rings. The van der Waals surface area contributed by atoms with Crippen LogP contribution >= 0.6 is 0 Å². The molecular weight excluding hydrogens is 276 g/mol. The van der Waals surface area contributed by atoms with Gasteiger partial charge in [-0.3, -0.25) is 0 Å². The zero-order chi connectivity index (χ0) is 14.8. The Labute approximate surface area is 130 Å². The van der Waals surface area contributed by atoms with Crippen LogP contribution in [0.4, 0.5) is 5.69 Å². The molecule has 1 N–H and O–H groups in total. The van der Waals surface area contributed by atoms with Gasteiger partial charge in [-0.25, -0.2) is 0 Å². The van der Waals surface area contributed by atoms with E-state index in [2.05, 4.69) is 44.6 Å². The zero-order valence-electron chi connectivity index (χ0n) is 12.8. The largest absolute Gasteiger partial charge is 0.372 e. The number of hydrogen-bond donors (Lipinski definition) is 1. The molecule has 1 aromatic carbocycles. The third kappa shape index (κ3) is 2.73. The van der Waals surface area contributed by atoms with Gasteiger partial charge < -0.3 is 14.7 Å². The Morgan fingerprint density at radius 1 is 1.09 bits per heavy atom. The highest BCUT2D eigenvalue weighted by Crippen LogP contribution is 2.26. The van der Waals surface area contributed by atoms with Crippen molar-refractivity contribution in [2.24, 2.45) is 0 Å². The van der Waals surface area contributed by atoms with E-state index >= 15 is 0 Å². The highest BCUT2D eigenvalue weighted by Gasteiger charge is 2.23. The third-order valence-electron chi connectivity index (χ3n) is 4.70. The first-order chi connectivity index (χ1) is 10.9. The summed E-state index contributed by atoms with van der Waals surface area (Å²) in [7, 11) is 0. The highest BCUT2D eigenvalue weighted by molar-refractivity contribution is 5.60. The monoisotopic (exact) mass is 298 g/mol. The normalized spacial score (nSPS) is 22.2. The molecular formula is C17H22N4O. The molecule has 3 heterocycles. The van der Waals surface area contributed by atoms with Gasteiger partial charge in [0.05, 0.1) is 5.92 Å². The van der Waals surface area contributed by atoms with E-state index in [1.54, 1.807) is 0 Å². The molecule has 5 heteroatoms. The zero-order valence-corrected chi connectivity index (χ0v) is 12.8. The quantitative estimate of drug-likeness (QED) is 0.944. The Morgan fingerprint density at radius 3 is 2.64 bits per heavy atom. The number of benzene rings is 1. The smallest absolute Gasteiger partial charge is 0.231 e. The van der Waals surface area contributed by atoms with E-state index in [0.717, 1.165) is 31.0 Å². The van der Waals surface area contributed by atoms with Crippen molar-refractivity contribution in [2.75, 3.05) is 31.1 Å². The van der Waals surface area contributed by atoms with E-state index in [0.29, 0.717) is 11.7 Å². The summed E-state index contributed by atoms with van der Waals surface area (Å²) in [5.41, 5.74) is 2.33. The summed E-state index contributed by atoms with van der Waals surface area (Å²) in [6, 6.07) is 8.55. The predicted molar refractivity (Wildman–Crippen MR) is 86.0 cm³/mol. The molecule has 1 aromatic heterocycles. The Kier molecular flexibility index (Phi) is 3.81. The molecule has 116 valence electrons. The molecule has 2 saturated heterocycles. The lowest BCUT2D eigenvalue weighted by Gasteiger charge is -2.28. The Morgan fingerprint density at radius 2 is 1.91 bits per heavy atom. The Bertz CT molecular complexity index is 610. The van der Waals surface area contributed by atoms with E-state index in [1.807, 2.05) is 0 Å². The number of aromatic nitrogens is 2. The fourth-order valence-electron chi connectivity index (χ4n) is 3.36. The molecule has 1 atom stereocenters. The average Bonchev–Trinajstić information content (AvgIpc) is 3.27. The van der Waals surface area contributed by atoms with Crippen LogP contribution in [0.3, 0.4) is 0 Å². The standard InChI is InChI=1S/C17H22N4O/c1-2-10-21(11-3-1)15-6-4-13(5-7-15)16-19-17(22-20-16)14-8-9-18-12-14/h4-7,14,18H,1-3,8-12H2/t14-/m1/s1. The van der Waals surface area contributed by atoms with E-state index in [1.165, 1.54) is 38.0 Å². The van der Waals surface area contributed by atoms with Gasteiger partial charge in [0.15, 0.2) is 0 Å². The van der Waals surface area contributed by atoms with Crippen LogP contribution < -0.4 is 10.2 Å². The molecule has 0 saturated carbocycles. The van der Waals surface area contributed by atoms with Crippen molar-refractivity contribution in [1.29, 1.82) is 0 Å². The number of piperidine rings is 1. The lowest BCUT2D eigenvalue weighted by Crippen LogP contribution is -2.29. The number of nitrogens with zero attached hydrogens (tertiary/aromatic N) is 3. The maximum atomic E-state index is 5.44. The maximum absolute atomic E-state index is 5.44. The van der Waals surface area contributed by atoms with E-state index < -0.39 is 0 Å². The number of anilines is 1. The summed E-state index contributed by atoms with van der Waals surface area (Å²) in [4.78, 5) is 7.03. The van der Waals surface area contributed by atoms with Crippen LogP contribution in [0.1, 0.15) is 37.5 Å². The van der Waals surface area contributed by atoms with Gasteiger partial charge >= 0.3 is 0 Å². The minimum atomic E-state index is 0.369. The lowest BCUT2D eigenvalue weighted by atomic mass is 10.1. The second kappa shape index (κ2) is 6.08. The summed E-state index contributed by atoms with van der Waals surface area (Å²) in [6.07, 6.45) is 5.03. The molecule has 0 bridgehead atoms. The summed E-state index contributed by atoms with van der Waals surface area (Å²) in [5, 5.41) is 7.48. The SMILES string of the molecule is c1cc(N2CCCCC2)ccc1-c1noc([C@@H]2CCNC2)n1. The van der Waals surface area contributed by atoms with Crippen LogP contribution in [0, 0.1) is 0 Å². The van der Waals surface area contributed by atoms with Crippen LogP contribution in [0.25, 0.3) is 11.4 Å². The van der Waals surface area contributed by atoms with Crippen molar-refractivity contribution >= 4 is 5.69 Å². The molecule has 0 spiro atoms. The fraction of sp³-hybridized carbons (Fsp3) is 0.529. The second-order valence-corrected chi connectivity index (χ2v) is 6.24. The average molecular weight is 298 g/mol. The first kappa shape index (κ1) is 13.8. The summed E-state index contributed by atoms with van der Waals surface area (Å²) in [6.45, 7) is 4.31. The van der Waals surface area contributed by atoms with Gasteiger partial charge in [-0.2, -0.15) is 4.98 Å². The van der Waals surface area contributed by atoms with Gasteiger partial charge in [-0.1, -0.05) is 5.16 Å². The highest BCUT2D eigenvalue weighted by atomic mass is 16.5. The van der Waals surface area contributed by atoms with Crippen molar-refractivity contribution in [3.05, 3.63) is 30.2 Å². The maximum Gasteiger partial charge on any atom is 0.231 e. The van der Waals surface area contributed by atoms with E-state index in [4.69, 9.17) is 4.52 Å². The Hall–Kier alpha value is -1.88. The molecule has 0 aliphatic carbocycles. The molecule has 0 unspecified atom stereocenters. The van der Waals surface area contributed by atoms with Gasteiger partial charge in [-0.15, -0.1) is 0 Å². The molecule has 0 radical (unpaired) electrons. The van der Waals surface area contributed by atoms with Crippen LogP contribution in [0.2, 0.25) is 0 Å². The second-order valence-electron chi connectivity index (χ2n) is 6.24. The molecule has 5 nitrogen and oxygen atoms in total. The van der Waals surface area contributed by atoms with Gasteiger partial charge in [-0.05, 0) is 56.5 Å². The minimum absolute atomic E-state index is 0.369. The van der Waals surface area contributed by atoms with Gasteiger partial charge in [0.25, 0.3) is 0 Å². The number of rotatable bonds is 3. The van der Waals surface area contributed by atoms with Crippen molar-refractivity contribution in [3.8, 4) is 11.4 Å². The molecule has 2 fully saturated rings. The van der Waals surface area contributed by atoms with Gasteiger partial charge in [0.2, 0.25) is 11.7 Å². The lowest BCUT2D eigenvalue weighted by molar-refractivity contribution is 0.359. The Balaban J connectivity index is 1.50. The number of hydrogen-bond acceptors (Lipinski definition) is 5. The van der Waals surface area contributed by atoms with Crippen LogP contribution in [-0.2, 0) is 0 Å². The van der Waals surface area contributed by atoms with Crippen molar-refractivity contribution < 1.29 is 4.52 Å². The molecule has 4 rings (SSSR count). The predicted octanol–water partition coefficient (Wildman–Crippen LogP) is 2.80. The summed E-state index contributed by atoms with van der Waals surface area (Å²) in [5.74, 6) is 1.83. The van der Waals surface area contributed by atoms with Crippen LogP contribution in [0.15, 0.2) is 28.8 Å². The summed E-state index contributed by atoms with van der Waals surface area (Å²) < 4.78 is 5.44. The first-order valence-corrected chi connectivity index (χ1v) is 8.30. The molecule has 22 heavy (non-hydrogen) atoms. The molecule has 2 aliphatic rings. The third-order valence-corrected chi connectivity index (χ3v) is 4.70. The molecule has 2 aliphatic heterocycles. The van der Waals surface area contributed by atoms with Crippen LogP contribution in [-0.4, -0.2) is 36.3 Å². The van der Waals surface area contributed by atoms with Crippen LogP contribution in [0.5, 0.6) is 0 Å². The van der Waals surface area contributed by atoms with E-state index in [-0.39, 0.29) is 0 Å². The van der Waals surface area contributed by atoms with Crippen molar-refractivity contribution in [2.45, 2.75) is 31.6 Å². The van der Waals surface area contributed by atoms with Gasteiger partial charge in [0.1, 0.15) is 0 Å². The van der Waals surface area contributed by atoms with Crippen molar-refractivity contribution in [3.63, 3.8) is 0 Å². The van der Waals surface area contributed by atoms with Gasteiger partial charge in [0, 0.05) is 30.9 Å².